The molecule has 0 aromatic rings. The summed E-state index contributed by atoms with van der Waals surface area (Å²) in [6.45, 7) is 2.22. The SMILES string of the molecule is CCCCCCCCCCCC(=O)ONC(=O)[S-].[Co].[Mo]. The van der Waals surface area contributed by atoms with Gasteiger partial charge in [-0.3, -0.25) is 4.79 Å². The predicted octanol–water partition coefficient (Wildman–Crippen LogP) is 3.62. The van der Waals surface area contributed by atoms with Gasteiger partial charge in [-0.15, -0.1) is 0 Å². The second kappa shape index (κ2) is 19.4. The van der Waals surface area contributed by atoms with Crippen molar-refractivity contribution in [2.75, 3.05) is 0 Å². The van der Waals surface area contributed by atoms with Gasteiger partial charge in [-0.2, -0.15) is 0 Å². The van der Waals surface area contributed by atoms with Crippen molar-refractivity contribution >= 4 is 23.8 Å². The monoisotopic (exact) mass is 431 g/mol. The second-order valence-electron chi connectivity index (χ2n) is 4.44. The second-order valence-corrected chi connectivity index (χ2v) is 4.81. The Bertz CT molecular complexity index is 246. The van der Waals surface area contributed by atoms with Crippen LogP contribution in [0.25, 0.3) is 0 Å². The molecule has 0 unspecified atom stereocenters. The molecule has 0 aliphatic heterocycles. The summed E-state index contributed by atoms with van der Waals surface area (Å²) in [5.74, 6) is -0.420. The van der Waals surface area contributed by atoms with Crippen LogP contribution >= 0.6 is 0 Å². The number of rotatable bonds is 10. The normalized spacial score (nSPS) is 9.05. The largest absolute Gasteiger partial charge is 0.716 e. The number of hydroxylamine groups is 1. The minimum atomic E-state index is -0.768. The molecule has 20 heavy (non-hydrogen) atoms. The molecule has 0 bridgehead atoms. The molecule has 0 rings (SSSR count). The van der Waals surface area contributed by atoms with Crippen LogP contribution in [0.15, 0.2) is 0 Å². The van der Waals surface area contributed by atoms with E-state index in [0.29, 0.717) is 6.42 Å². The van der Waals surface area contributed by atoms with Crippen LogP contribution < -0.4 is 5.48 Å². The fraction of sp³-hybridized carbons (Fsp3) is 0.846. The molecule has 0 aliphatic carbocycles. The van der Waals surface area contributed by atoms with Gasteiger partial charge >= 0.3 is 5.97 Å². The molecule has 121 valence electrons. The summed E-state index contributed by atoms with van der Waals surface area (Å²) >= 11 is 4.18. The van der Waals surface area contributed by atoms with Crippen LogP contribution in [0.4, 0.5) is 4.79 Å². The van der Waals surface area contributed by atoms with Gasteiger partial charge in [0, 0.05) is 44.3 Å². The van der Waals surface area contributed by atoms with E-state index in [-0.39, 0.29) is 37.8 Å². The maximum atomic E-state index is 11.1. The molecule has 0 saturated carbocycles. The summed E-state index contributed by atoms with van der Waals surface area (Å²) in [5.41, 5.74) is 1.85. The van der Waals surface area contributed by atoms with E-state index < -0.39 is 11.2 Å². The van der Waals surface area contributed by atoms with Crippen LogP contribution in [0, 0.1) is 0 Å². The van der Waals surface area contributed by atoms with Crippen LogP contribution in [0.1, 0.15) is 71.1 Å². The number of unbranched alkanes of at least 4 members (excludes halogenated alkanes) is 8. The first kappa shape index (κ1) is 25.3. The Morgan fingerprint density at radius 2 is 1.40 bits per heavy atom. The Morgan fingerprint density at radius 1 is 0.950 bits per heavy atom. The first-order valence-corrected chi connectivity index (χ1v) is 7.24. The molecule has 0 aliphatic rings. The van der Waals surface area contributed by atoms with E-state index >= 15 is 0 Å². The number of nitrogens with one attached hydrogen (secondary N) is 1. The smallest absolute Gasteiger partial charge is 0.332 e. The summed E-state index contributed by atoms with van der Waals surface area (Å²) in [6, 6.07) is 0. The molecule has 0 fully saturated rings. The van der Waals surface area contributed by atoms with Crippen molar-refractivity contribution in [3.8, 4) is 0 Å². The zero-order valence-electron chi connectivity index (χ0n) is 11.9. The van der Waals surface area contributed by atoms with Gasteiger partial charge in [0.2, 0.25) is 0 Å². The number of carbonyl (C=O) groups excluding carboxylic acids is 2. The minimum absolute atomic E-state index is 0. The Hall–Kier alpha value is 0.355. The maximum Gasteiger partial charge on any atom is 0.332 e. The number of hydrogen-bond acceptors (Lipinski definition) is 4. The van der Waals surface area contributed by atoms with Gasteiger partial charge in [-0.05, 0) is 6.42 Å². The van der Waals surface area contributed by atoms with Crippen LogP contribution in [0.2, 0.25) is 0 Å². The quantitative estimate of drug-likeness (QED) is 0.250. The van der Waals surface area contributed by atoms with E-state index in [0.717, 1.165) is 19.3 Å². The van der Waals surface area contributed by atoms with Gasteiger partial charge in [0.1, 0.15) is 5.24 Å². The zero-order chi connectivity index (χ0) is 13.6. The van der Waals surface area contributed by atoms with Gasteiger partial charge in [0.15, 0.2) is 0 Å². The van der Waals surface area contributed by atoms with E-state index in [4.69, 9.17) is 0 Å². The van der Waals surface area contributed by atoms with E-state index in [9.17, 15) is 9.59 Å². The molecule has 1 N–H and O–H groups in total. The molecular weight excluding hydrogens is 405 g/mol. The van der Waals surface area contributed by atoms with Crippen LogP contribution in [0.3, 0.4) is 0 Å². The summed E-state index contributed by atoms with van der Waals surface area (Å²) in [5, 5.41) is -0.768. The maximum absolute atomic E-state index is 11.1. The van der Waals surface area contributed by atoms with Crippen molar-refractivity contribution in [1.29, 1.82) is 0 Å². The zero-order valence-corrected chi connectivity index (χ0v) is 15.8. The van der Waals surface area contributed by atoms with Gasteiger partial charge in [0.25, 0.3) is 0 Å². The number of amides is 1. The van der Waals surface area contributed by atoms with Crippen molar-refractivity contribution in [2.24, 2.45) is 0 Å². The average Bonchev–Trinajstić information content (AvgIpc) is 2.34. The van der Waals surface area contributed by atoms with Gasteiger partial charge in [-0.1, -0.05) is 58.3 Å². The van der Waals surface area contributed by atoms with E-state index in [2.05, 4.69) is 24.4 Å². The average molecular weight is 429 g/mol. The van der Waals surface area contributed by atoms with Gasteiger partial charge < -0.3 is 17.5 Å². The summed E-state index contributed by atoms with van der Waals surface area (Å²) in [7, 11) is 0. The molecule has 1 amide bonds. The Labute approximate surface area is 152 Å². The molecular formula is C13H24CoMoNO3S-. The summed E-state index contributed by atoms with van der Waals surface area (Å²) in [6.07, 6.45) is 11.1. The van der Waals surface area contributed by atoms with E-state index in [1.54, 1.807) is 0 Å². The van der Waals surface area contributed by atoms with Crippen molar-refractivity contribution < 1.29 is 52.3 Å². The topological polar surface area (TPSA) is 55.4 Å². The van der Waals surface area contributed by atoms with Gasteiger partial charge in [0.05, 0.1) is 0 Å². The third-order valence-electron chi connectivity index (χ3n) is 2.73. The van der Waals surface area contributed by atoms with Crippen molar-refractivity contribution in [3.05, 3.63) is 0 Å². The molecule has 0 saturated heterocycles. The van der Waals surface area contributed by atoms with Gasteiger partial charge in [-0.25, -0.2) is 10.3 Å². The summed E-state index contributed by atoms with van der Waals surface area (Å²) in [4.78, 5) is 25.8. The molecule has 0 heterocycles. The van der Waals surface area contributed by atoms with Crippen LogP contribution in [0.5, 0.6) is 0 Å². The molecule has 0 atom stereocenters. The van der Waals surface area contributed by atoms with E-state index in [1.165, 1.54) is 38.5 Å². The third kappa shape index (κ3) is 20.7. The first-order chi connectivity index (χ1) is 8.66. The van der Waals surface area contributed by atoms with Crippen molar-refractivity contribution in [3.63, 3.8) is 0 Å². The fourth-order valence-electron chi connectivity index (χ4n) is 1.73. The van der Waals surface area contributed by atoms with Crippen LogP contribution in [-0.2, 0) is 60.1 Å². The molecule has 0 spiro atoms. The third-order valence-corrected chi connectivity index (χ3v) is 2.82. The van der Waals surface area contributed by atoms with Crippen molar-refractivity contribution in [1.82, 2.24) is 5.48 Å². The molecule has 1 radical (unpaired) electrons. The predicted molar refractivity (Wildman–Crippen MR) is 73.8 cm³/mol. The number of carbonyl (C=O) groups is 2. The van der Waals surface area contributed by atoms with E-state index in [1.807, 2.05) is 5.48 Å². The standard InChI is InChI=1S/C13H25NO3S.Co.Mo/c1-2-3-4-5-6-7-8-9-10-11-12(15)17-14-13(16)18;;/h2-11H2,1H3,(H2,14,16,18);;/p-1. The molecule has 4 nitrogen and oxygen atoms in total. The fourth-order valence-corrected chi connectivity index (χ4v) is 1.77. The Balaban J connectivity index is -0.00000144. The molecule has 7 heteroatoms. The Morgan fingerprint density at radius 3 is 1.85 bits per heavy atom. The first-order valence-electron chi connectivity index (χ1n) is 6.83. The molecule has 0 aromatic carbocycles. The molecule has 0 aromatic heterocycles. The van der Waals surface area contributed by atoms with Crippen molar-refractivity contribution in [2.45, 2.75) is 71.1 Å². The minimum Gasteiger partial charge on any atom is -0.716 e. The number of hydrogen-bond donors (Lipinski definition) is 1. The Kier molecular flexibility index (Phi) is 24.5. The summed E-state index contributed by atoms with van der Waals surface area (Å²) < 4.78 is 0. The van der Waals surface area contributed by atoms with Crippen LogP contribution in [-0.4, -0.2) is 11.2 Å².